The highest BCUT2D eigenvalue weighted by molar-refractivity contribution is 6.11. The van der Waals surface area contributed by atoms with Crippen molar-refractivity contribution in [1.82, 2.24) is 4.57 Å². The zero-order valence-corrected chi connectivity index (χ0v) is 15.9. The highest BCUT2D eigenvalue weighted by atomic mass is 16.5. The summed E-state index contributed by atoms with van der Waals surface area (Å²) in [5.74, 6) is -0.216. The molecule has 0 fully saturated rings. The van der Waals surface area contributed by atoms with E-state index < -0.39 is 11.3 Å². The van der Waals surface area contributed by atoms with Gasteiger partial charge in [0.1, 0.15) is 17.4 Å². The molecule has 0 unspecified atom stereocenters. The minimum Gasteiger partial charge on any atom is -0.497 e. The third-order valence-corrected chi connectivity index (χ3v) is 4.61. The Morgan fingerprint density at radius 3 is 2.44 bits per heavy atom. The minimum absolute atomic E-state index is 0.00758. The van der Waals surface area contributed by atoms with Crippen LogP contribution in [0.4, 0.5) is 0 Å². The van der Waals surface area contributed by atoms with Gasteiger partial charge in [0.2, 0.25) is 5.88 Å². The van der Waals surface area contributed by atoms with Crippen LogP contribution < -0.4 is 10.3 Å². The third kappa shape index (κ3) is 4.20. The molecule has 1 N–H and O–H groups in total. The van der Waals surface area contributed by atoms with Crippen molar-refractivity contribution in [2.45, 2.75) is 46.1 Å². The second kappa shape index (κ2) is 9.04. The molecular weight excluding hydrogens is 344 g/mol. The Balaban J connectivity index is 2.52. The number of ketones is 1. The first-order valence-corrected chi connectivity index (χ1v) is 9.01. The van der Waals surface area contributed by atoms with Crippen molar-refractivity contribution in [3.8, 4) is 17.7 Å². The lowest BCUT2D eigenvalue weighted by Crippen LogP contribution is -2.27. The largest absolute Gasteiger partial charge is 0.497 e. The average molecular weight is 368 g/mol. The Bertz CT molecular complexity index is 921. The first kappa shape index (κ1) is 20.2. The van der Waals surface area contributed by atoms with E-state index in [4.69, 9.17) is 4.74 Å². The monoisotopic (exact) mass is 368 g/mol. The van der Waals surface area contributed by atoms with Crippen LogP contribution in [0.5, 0.6) is 11.6 Å². The van der Waals surface area contributed by atoms with Gasteiger partial charge < -0.3 is 9.84 Å². The molecule has 0 saturated heterocycles. The Kier molecular flexibility index (Phi) is 6.78. The predicted molar refractivity (Wildman–Crippen MR) is 102 cm³/mol. The van der Waals surface area contributed by atoms with E-state index in [1.807, 2.05) is 6.07 Å². The molecule has 2 aromatic rings. The molecule has 0 atom stereocenters. The summed E-state index contributed by atoms with van der Waals surface area (Å²) in [6.07, 6.45) is 3.65. The van der Waals surface area contributed by atoms with Gasteiger partial charge in [0.05, 0.1) is 12.7 Å². The van der Waals surface area contributed by atoms with Gasteiger partial charge in [-0.05, 0) is 43.2 Å². The molecule has 0 aliphatic rings. The third-order valence-electron chi connectivity index (χ3n) is 4.61. The highest BCUT2D eigenvalue weighted by Gasteiger charge is 2.24. The molecule has 1 aromatic carbocycles. The van der Waals surface area contributed by atoms with E-state index in [1.54, 1.807) is 24.3 Å². The highest BCUT2D eigenvalue weighted by Crippen LogP contribution is 2.26. The van der Waals surface area contributed by atoms with Crippen molar-refractivity contribution in [3.05, 3.63) is 56.9 Å². The van der Waals surface area contributed by atoms with Crippen molar-refractivity contribution in [1.29, 1.82) is 5.26 Å². The molecule has 142 valence electrons. The number of ether oxygens (including phenoxy) is 1. The van der Waals surface area contributed by atoms with Crippen molar-refractivity contribution in [2.75, 3.05) is 7.11 Å². The molecule has 0 aliphatic carbocycles. The molecule has 0 spiro atoms. The number of benzene rings is 1. The summed E-state index contributed by atoms with van der Waals surface area (Å²) in [5.41, 5.74) is -0.137. The number of nitriles is 1. The van der Waals surface area contributed by atoms with Gasteiger partial charge in [-0.15, -0.1) is 0 Å². The number of hydrogen-bond acceptors (Lipinski definition) is 5. The Morgan fingerprint density at radius 1 is 1.22 bits per heavy atom. The summed E-state index contributed by atoms with van der Waals surface area (Å²) < 4.78 is 6.23. The maximum absolute atomic E-state index is 13.0. The molecule has 0 saturated carbocycles. The molecule has 1 aromatic heterocycles. The smallest absolute Gasteiger partial charge is 0.271 e. The standard InChI is InChI=1S/C21H24N2O4/c1-4-5-6-7-12-23-20(25)17(13-22)14(2)18(21(23)26)19(24)15-8-10-16(27-3)11-9-15/h8-11,26H,4-7,12H2,1-3H3. The molecule has 0 aliphatic heterocycles. The van der Waals surface area contributed by atoms with Gasteiger partial charge in [0.15, 0.2) is 5.78 Å². The zero-order chi connectivity index (χ0) is 20.0. The van der Waals surface area contributed by atoms with Crippen LogP contribution in [0.15, 0.2) is 29.1 Å². The van der Waals surface area contributed by atoms with E-state index >= 15 is 0 Å². The average Bonchev–Trinajstić information content (AvgIpc) is 2.67. The molecule has 2 rings (SSSR count). The number of carbonyl (C=O) groups excluding carboxylic acids is 1. The zero-order valence-electron chi connectivity index (χ0n) is 15.9. The van der Waals surface area contributed by atoms with Crippen LogP contribution in [0.1, 0.15) is 59.7 Å². The van der Waals surface area contributed by atoms with Gasteiger partial charge in [0.25, 0.3) is 5.56 Å². The maximum Gasteiger partial charge on any atom is 0.271 e. The van der Waals surface area contributed by atoms with Crippen LogP contribution in [0.2, 0.25) is 0 Å². The summed E-state index contributed by atoms with van der Waals surface area (Å²) in [5, 5.41) is 20.1. The number of pyridine rings is 1. The van der Waals surface area contributed by atoms with E-state index in [0.29, 0.717) is 17.7 Å². The fourth-order valence-electron chi connectivity index (χ4n) is 3.01. The summed E-state index contributed by atoms with van der Waals surface area (Å²) in [6.45, 7) is 3.86. The summed E-state index contributed by atoms with van der Waals surface area (Å²) in [6, 6.07) is 8.34. The second-order valence-corrected chi connectivity index (χ2v) is 6.39. The quantitative estimate of drug-likeness (QED) is 0.568. The topological polar surface area (TPSA) is 92.3 Å². The van der Waals surface area contributed by atoms with Crippen LogP contribution >= 0.6 is 0 Å². The van der Waals surface area contributed by atoms with E-state index in [-0.39, 0.29) is 29.1 Å². The SMILES string of the molecule is CCCCCCn1c(O)c(C(=O)c2ccc(OC)cc2)c(C)c(C#N)c1=O. The minimum atomic E-state index is -0.560. The van der Waals surface area contributed by atoms with Gasteiger partial charge in [0, 0.05) is 12.1 Å². The van der Waals surface area contributed by atoms with E-state index in [2.05, 4.69) is 6.92 Å². The van der Waals surface area contributed by atoms with E-state index in [1.165, 1.54) is 14.0 Å². The summed E-state index contributed by atoms with van der Waals surface area (Å²) in [4.78, 5) is 25.5. The van der Waals surface area contributed by atoms with Crippen LogP contribution in [0.3, 0.4) is 0 Å². The number of carbonyl (C=O) groups is 1. The van der Waals surface area contributed by atoms with Gasteiger partial charge in [-0.25, -0.2) is 0 Å². The number of unbranched alkanes of at least 4 members (excludes halogenated alkanes) is 3. The van der Waals surface area contributed by atoms with Crippen molar-refractivity contribution >= 4 is 5.78 Å². The molecule has 0 radical (unpaired) electrons. The number of rotatable bonds is 8. The molecule has 1 heterocycles. The first-order valence-electron chi connectivity index (χ1n) is 9.01. The Morgan fingerprint density at radius 2 is 1.89 bits per heavy atom. The van der Waals surface area contributed by atoms with E-state index in [0.717, 1.165) is 23.8 Å². The molecule has 0 amide bonds. The molecular formula is C21H24N2O4. The lowest BCUT2D eigenvalue weighted by molar-refractivity contribution is 0.103. The number of aromatic nitrogens is 1. The van der Waals surface area contributed by atoms with Crippen molar-refractivity contribution in [3.63, 3.8) is 0 Å². The van der Waals surface area contributed by atoms with Crippen LogP contribution in [-0.4, -0.2) is 22.6 Å². The molecule has 27 heavy (non-hydrogen) atoms. The second-order valence-electron chi connectivity index (χ2n) is 6.39. The van der Waals surface area contributed by atoms with Crippen molar-refractivity contribution in [2.24, 2.45) is 0 Å². The van der Waals surface area contributed by atoms with Crippen LogP contribution in [-0.2, 0) is 6.54 Å². The van der Waals surface area contributed by atoms with Gasteiger partial charge >= 0.3 is 0 Å². The number of nitrogens with zero attached hydrogens (tertiary/aromatic N) is 2. The predicted octanol–water partition coefficient (Wildman–Crippen LogP) is 3.55. The molecule has 6 heteroatoms. The maximum atomic E-state index is 13.0. The fourth-order valence-corrected chi connectivity index (χ4v) is 3.01. The normalized spacial score (nSPS) is 10.4. The molecule has 6 nitrogen and oxygen atoms in total. The first-order chi connectivity index (χ1) is 13.0. The Labute approximate surface area is 158 Å². The fraction of sp³-hybridized carbons (Fsp3) is 0.381. The Hall–Kier alpha value is -3.07. The summed E-state index contributed by atoms with van der Waals surface area (Å²) in [7, 11) is 1.53. The van der Waals surface area contributed by atoms with Gasteiger partial charge in [-0.2, -0.15) is 5.26 Å². The number of methoxy groups -OCH3 is 1. The molecule has 0 bridgehead atoms. The lowest BCUT2D eigenvalue weighted by atomic mass is 9.97. The lowest BCUT2D eigenvalue weighted by Gasteiger charge is -2.15. The van der Waals surface area contributed by atoms with E-state index in [9.17, 15) is 20.0 Å². The van der Waals surface area contributed by atoms with Gasteiger partial charge in [-0.3, -0.25) is 14.2 Å². The van der Waals surface area contributed by atoms with Crippen LogP contribution in [0.25, 0.3) is 0 Å². The number of hydrogen-bond donors (Lipinski definition) is 1. The summed E-state index contributed by atoms with van der Waals surface area (Å²) >= 11 is 0. The number of aromatic hydroxyl groups is 1. The van der Waals surface area contributed by atoms with Crippen LogP contribution in [0, 0.1) is 18.3 Å². The van der Waals surface area contributed by atoms with Crippen molar-refractivity contribution < 1.29 is 14.6 Å². The van der Waals surface area contributed by atoms with Gasteiger partial charge in [-0.1, -0.05) is 26.2 Å².